The Morgan fingerprint density at radius 3 is 2.26 bits per heavy atom. The first-order valence-corrected chi connectivity index (χ1v) is 10.9. The van der Waals surface area contributed by atoms with Crippen molar-refractivity contribution in [2.75, 3.05) is 11.9 Å². The van der Waals surface area contributed by atoms with Gasteiger partial charge in [0.2, 0.25) is 11.5 Å². The molecule has 0 spiro atoms. The van der Waals surface area contributed by atoms with Gasteiger partial charge in [-0.3, -0.25) is 14.9 Å². The Labute approximate surface area is 194 Å². The molecule has 0 bridgehead atoms. The molecule has 1 aromatic heterocycles. The normalized spacial score (nSPS) is 15.5. The number of aromatic nitrogens is 2. The van der Waals surface area contributed by atoms with Gasteiger partial charge in [0.1, 0.15) is 6.61 Å². The standard InChI is InChI=1S/C24H22N4O6/c29-19(30)12-24(10-5-11-24)26-22(31)20-21(28-34-27-20)25-23(32)33-13-18-16-8-3-1-6-14(16)15-7-2-4-9-17(15)18/h1-4,6-9,18H,5,10-13H2,(H,26,31)(H,29,30)(H,25,28,32). The Bertz CT molecular complexity index is 1220. The number of carbonyl (C=O) groups is 3. The summed E-state index contributed by atoms with van der Waals surface area (Å²) in [5.41, 5.74) is 3.29. The van der Waals surface area contributed by atoms with Gasteiger partial charge in [-0.1, -0.05) is 48.5 Å². The van der Waals surface area contributed by atoms with Crippen LogP contribution in [0.4, 0.5) is 10.6 Å². The van der Waals surface area contributed by atoms with Crippen molar-refractivity contribution in [1.82, 2.24) is 15.6 Å². The second kappa shape index (κ2) is 8.62. The summed E-state index contributed by atoms with van der Waals surface area (Å²) in [4.78, 5) is 36.3. The van der Waals surface area contributed by atoms with E-state index < -0.39 is 23.5 Å². The predicted octanol–water partition coefficient (Wildman–Crippen LogP) is 3.56. The molecule has 0 saturated heterocycles. The molecule has 0 aliphatic heterocycles. The van der Waals surface area contributed by atoms with Crippen LogP contribution in [0.1, 0.15) is 53.2 Å². The molecule has 0 radical (unpaired) electrons. The van der Waals surface area contributed by atoms with Gasteiger partial charge >= 0.3 is 12.1 Å². The van der Waals surface area contributed by atoms with Crippen molar-refractivity contribution in [3.05, 3.63) is 65.4 Å². The van der Waals surface area contributed by atoms with E-state index in [0.29, 0.717) is 12.8 Å². The highest BCUT2D eigenvalue weighted by Crippen LogP contribution is 2.44. The maximum atomic E-state index is 12.7. The molecule has 10 nitrogen and oxygen atoms in total. The highest BCUT2D eigenvalue weighted by Gasteiger charge is 2.41. The fourth-order valence-electron chi connectivity index (χ4n) is 4.69. The third-order valence-electron chi connectivity index (χ3n) is 6.45. The van der Waals surface area contributed by atoms with Crippen LogP contribution in [0.15, 0.2) is 53.2 Å². The summed E-state index contributed by atoms with van der Waals surface area (Å²) in [5.74, 6) is -1.99. The Balaban J connectivity index is 1.24. The van der Waals surface area contributed by atoms with Gasteiger partial charge in [0, 0.05) is 5.92 Å². The van der Waals surface area contributed by atoms with Gasteiger partial charge in [-0.05, 0) is 51.8 Å². The summed E-state index contributed by atoms with van der Waals surface area (Å²) in [6, 6.07) is 15.9. The zero-order valence-corrected chi connectivity index (χ0v) is 18.1. The summed E-state index contributed by atoms with van der Waals surface area (Å²) in [6.07, 6.45) is 0.904. The molecule has 2 aromatic carbocycles. The second-order valence-electron chi connectivity index (χ2n) is 8.57. The van der Waals surface area contributed by atoms with Crippen molar-refractivity contribution < 1.29 is 28.9 Å². The number of carboxylic acid groups (broad SMARTS) is 1. The number of rotatable bonds is 7. The molecule has 5 rings (SSSR count). The van der Waals surface area contributed by atoms with Gasteiger partial charge in [-0.2, -0.15) is 0 Å². The molecule has 34 heavy (non-hydrogen) atoms. The molecule has 3 aromatic rings. The van der Waals surface area contributed by atoms with E-state index in [1.807, 2.05) is 48.5 Å². The lowest BCUT2D eigenvalue weighted by atomic mass is 9.74. The van der Waals surface area contributed by atoms with Gasteiger partial charge in [0.25, 0.3) is 5.91 Å². The van der Waals surface area contributed by atoms with Gasteiger partial charge in [0.05, 0.1) is 12.0 Å². The van der Waals surface area contributed by atoms with Crippen LogP contribution < -0.4 is 10.6 Å². The number of fused-ring (bicyclic) bond motifs is 3. The van der Waals surface area contributed by atoms with Crippen LogP contribution in [0.25, 0.3) is 11.1 Å². The maximum absolute atomic E-state index is 12.7. The number of carboxylic acids is 1. The highest BCUT2D eigenvalue weighted by molar-refractivity contribution is 6.00. The monoisotopic (exact) mass is 462 g/mol. The fraction of sp³-hybridized carbons (Fsp3) is 0.292. The number of aliphatic carboxylic acids is 1. The number of ether oxygens (including phenoxy) is 1. The van der Waals surface area contributed by atoms with Crippen LogP contribution in [-0.2, 0) is 9.53 Å². The van der Waals surface area contributed by atoms with Crippen molar-refractivity contribution in [2.45, 2.75) is 37.1 Å². The maximum Gasteiger partial charge on any atom is 0.412 e. The van der Waals surface area contributed by atoms with Crippen LogP contribution in [0, 0.1) is 0 Å². The molecule has 3 N–H and O–H groups in total. The minimum atomic E-state index is -1.00. The SMILES string of the molecule is O=C(O)CC1(NC(=O)c2nonc2NC(=O)OCC2c3ccccc3-c3ccccc32)CCC1. The number of benzene rings is 2. The van der Waals surface area contributed by atoms with E-state index in [1.54, 1.807) is 0 Å². The van der Waals surface area contributed by atoms with Crippen molar-refractivity contribution in [3.63, 3.8) is 0 Å². The molecule has 2 amide bonds. The average Bonchev–Trinajstić information content (AvgIpc) is 3.38. The van der Waals surface area contributed by atoms with Gasteiger partial charge in [0.15, 0.2) is 0 Å². The number of nitrogens with one attached hydrogen (secondary N) is 2. The van der Waals surface area contributed by atoms with Crippen LogP contribution in [-0.4, -0.2) is 45.5 Å². The molecule has 2 aliphatic carbocycles. The molecule has 10 heteroatoms. The smallest absolute Gasteiger partial charge is 0.412 e. The lowest BCUT2D eigenvalue weighted by Crippen LogP contribution is -2.54. The van der Waals surface area contributed by atoms with E-state index in [0.717, 1.165) is 28.7 Å². The largest absolute Gasteiger partial charge is 0.481 e. The highest BCUT2D eigenvalue weighted by atomic mass is 16.6. The van der Waals surface area contributed by atoms with E-state index in [2.05, 4.69) is 25.6 Å². The summed E-state index contributed by atoms with van der Waals surface area (Å²) >= 11 is 0. The zero-order valence-electron chi connectivity index (χ0n) is 18.1. The van der Waals surface area contributed by atoms with Gasteiger partial charge < -0.3 is 15.2 Å². The molecule has 174 valence electrons. The fourth-order valence-corrected chi connectivity index (χ4v) is 4.69. The number of nitrogens with zero attached hydrogens (tertiary/aromatic N) is 2. The third-order valence-corrected chi connectivity index (χ3v) is 6.45. The van der Waals surface area contributed by atoms with Gasteiger partial charge in [-0.25, -0.2) is 9.42 Å². The van der Waals surface area contributed by atoms with E-state index in [-0.39, 0.29) is 30.5 Å². The molecule has 1 saturated carbocycles. The summed E-state index contributed by atoms with van der Waals surface area (Å²) in [6.45, 7) is 0.0917. The second-order valence-corrected chi connectivity index (χ2v) is 8.57. The number of hydrogen-bond acceptors (Lipinski definition) is 7. The van der Waals surface area contributed by atoms with Gasteiger partial charge in [-0.15, -0.1) is 0 Å². The Kier molecular flexibility index (Phi) is 5.48. The minimum Gasteiger partial charge on any atom is -0.481 e. The number of amides is 2. The first kappa shape index (κ1) is 21.6. The van der Waals surface area contributed by atoms with Crippen molar-refractivity contribution in [1.29, 1.82) is 0 Å². The number of hydrogen-bond donors (Lipinski definition) is 3. The molecule has 2 aliphatic rings. The van der Waals surface area contributed by atoms with E-state index in [1.165, 1.54) is 0 Å². The summed E-state index contributed by atoms with van der Waals surface area (Å²) in [7, 11) is 0. The first-order valence-electron chi connectivity index (χ1n) is 10.9. The Morgan fingerprint density at radius 1 is 1.03 bits per heavy atom. The average molecular weight is 462 g/mol. The van der Waals surface area contributed by atoms with E-state index in [9.17, 15) is 14.4 Å². The van der Waals surface area contributed by atoms with Crippen LogP contribution in [0.3, 0.4) is 0 Å². The van der Waals surface area contributed by atoms with Crippen molar-refractivity contribution in [2.24, 2.45) is 0 Å². The van der Waals surface area contributed by atoms with Crippen LogP contribution in [0.2, 0.25) is 0 Å². The zero-order chi connectivity index (χ0) is 23.7. The lowest BCUT2D eigenvalue weighted by Gasteiger charge is -2.41. The van der Waals surface area contributed by atoms with E-state index in [4.69, 9.17) is 9.84 Å². The first-order chi connectivity index (χ1) is 16.5. The lowest BCUT2D eigenvalue weighted by molar-refractivity contribution is -0.139. The predicted molar refractivity (Wildman–Crippen MR) is 119 cm³/mol. The quantitative estimate of drug-likeness (QED) is 0.484. The van der Waals surface area contributed by atoms with Crippen LogP contribution in [0.5, 0.6) is 0 Å². The number of anilines is 1. The molecule has 1 fully saturated rings. The summed E-state index contributed by atoms with van der Waals surface area (Å²) in [5, 5.41) is 21.4. The van der Waals surface area contributed by atoms with Crippen molar-refractivity contribution in [3.8, 4) is 11.1 Å². The molecule has 0 unspecified atom stereocenters. The topological polar surface area (TPSA) is 144 Å². The molecular weight excluding hydrogens is 440 g/mol. The van der Waals surface area contributed by atoms with Crippen molar-refractivity contribution >= 4 is 23.8 Å². The number of carbonyl (C=O) groups excluding carboxylic acids is 2. The summed E-state index contributed by atoms with van der Waals surface area (Å²) < 4.78 is 10.1. The molecular formula is C24H22N4O6. The third kappa shape index (κ3) is 3.98. The Morgan fingerprint density at radius 2 is 1.68 bits per heavy atom. The van der Waals surface area contributed by atoms with Crippen LogP contribution >= 0.6 is 0 Å². The van der Waals surface area contributed by atoms with E-state index >= 15 is 0 Å². The Hall–Kier alpha value is -4.21. The minimum absolute atomic E-state index is 0.0917. The molecule has 1 heterocycles. The molecule has 0 atom stereocenters.